The molecule has 0 atom stereocenters. The van der Waals surface area contributed by atoms with Crippen LogP contribution in [0.15, 0.2) is 182 Å². The third kappa shape index (κ3) is 5.01. The lowest BCUT2D eigenvalue weighted by Gasteiger charge is -2.15. The third-order valence-corrected chi connectivity index (χ3v) is 9.24. The molecule has 0 aliphatic rings. The summed E-state index contributed by atoms with van der Waals surface area (Å²) < 4.78 is 0. The van der Waals surface area contributed by atoms with Crippen LogP contribution in [0.1, 0.15) is 0 Å². The van der Waals surface area contributed by atoms with E-state index in [0.717, 1.165) is 45.0 Å². The lowest BCUT2D eigenvalue weighted by atomic mass is 9.88. The van der Waals surface area contributed by atoms with Gasteiger partial charge in [0.05, 0.1) is 11.4 Å². The molecule has 0 aliphatic carbocycles. The van der Waals surface area contributed by atoms with Crippen molar-refractivity contribution in [2.45, 2.75) is 0 Å². The van der Waals surface area contributed by atoms with Crippen molar-refractivity contribution in [3.05, 3.63) is 182 Å². The van der Waals surface area contributed by atoms with Gasteiger partial charge in [0.15, 0.2) is 5.82 Å². The molecule has 8 aromatic carbocycles. The first-order chi connectivity index (χ1) is 23.8. The summed E-state index contributed by atoms with van der Waals surface area (Å²) in [5.41, 5.74) is 9.69. The van der Waals surface area contributed by atoms with Gasteiger partial charge in [0.1, 0.15) is 0 Å². The molecule has 0 aliphatic heterocycles. The van der Waals surface area contributed by atoms with Crippen LogP contribution in [0.2, 0.25) is 0 Å². The van der Waals surface area contributed by atoms with E-state index in [-0.39, 0.29) is 0 Å². The lowest BCUT2D eigenvalue weighted by molar-refractivity contribution is 1.18. The first-order valence-corrected chi connectivity index (χ1v) is 16.3. The molecule has 0 saturated heterocycles. The topological polar surface area (TPSA) is 25.8 Å². The second kappa shape index (κ2) is 11.8. The van der Waals surface area contributed by atoms with Crippen LogP contribution in [0, 0.1) is 0 Å². The predicted molar refractivity (Wildman–Crippen MR) is 202 cm³/mol. The van der Waals surface area contributed by atoms with E-state index in [1.165, 1.54) is 43.4 Å². The highest BCUT2D eigenvalue weighted by Crippen LogP contribution is 2.40. The van der Waals surface area contributed by atoms with E-state index in [9.17, 15) is 0 Å². The van der Waals surface area contributed by atoms with E-state index >= 15 is 0 Å². The van der Waals surface area contributed by atoms with Crippen LogP contribution in [0.4, 0.5) is 0 Å². The van der Waals surface area contributed by atoms with Gasteiger partial charge in [-0.3, -0.25) is 0 Å². The predicted octanol–water partition coefficient (Wildman–Crippen LogP) is 12.3. The van der Waals surface area contributed by atoms with Gasteiger partial charge in [0, 0.05) is 16.7 Å². The summed E-state index contributed by atoms with van der Waals surface area (Å²) in [6, 6.07) is 64.6. The lowest BCUT2D eigenvalue weighted by Crippen LogP contribution is -1.96. The second-order valence-corrected chi connectivity index (χ2v) is 12.2. The molecule has 0 radical (unpaired) electrons. The Hall–Kier alpha value is -6.38. The van der Waals surface area contributed by atoms with E-state index in [0.29, 0.717) is 0 Å². The minimum absolute atomic E-state index is 0.717. The van der Waals surface area contributed by atoms with Crippen molar-refractivity contribution in [1.82, 2.24) is 9.97 Å². The number of hydrogen-bond donors (Lipinski definition) is 0. The average Bonchev–Trinajstić information content (AvgIpc) is 3.17. The molecule has 9 aromatic rings. The first kappa shape index (κ1) is 27.9. The Balaban J connectivity index is 1.19. The molecular formula is C46H30N2. The number of hydrogen-bond acceptors (Lipinski definition) is 2. The summed E-state index contributed by atoms with van der Waals surface area (Å²) in [4.78, 5) is 10.1. The minimum Gasteiger partial charge on any atom is -0.228 e. The van der Waals surface area contributed by atoms with Crippen LogP contribution in [-0.4, -0.2) is 9.97 Å². The number of rotatable bonds is 5. The van der Waals surface area contributed by atoms with E-state index in [4.69, 9.17) is 9.97 Å². The van der Waals surface area contributed by atoms with Gasteiger partial charge < -0.3 is 0 Å². The zero-order valence-electron chi connectivity index (χ0n) is 26.2. The maximum Gasteiger partial charge on any atom is 0.160 e. The third-order valence-electron chi connectivity index (χ3n) is 9.24. The summed E-state index contributed by atoms with van der Waals surface area (Å²) in [5.74, 6) is 0.717. The van der Waals surface area contributed by atoms with Gasteiger partial charge in [-0.1, -0.05) is 158 Å². The monoisotopic (exact) mass is 610 g/mol. The summed E-state index contributed by atoms with van der Waals surface area (Å²) in [6.07, 6.45) is 0. The quantitative estimate of drug-likeness (QED) is 0.143. The molecular weight excluding hydrogens is 581 g/mol. The molecule has 0 saturated carbocycles. The zero-order chi connectivity index (χ0) is 31.9. The van der Waals surface area contributed by atoms with E-state index in [1.807, 2.05) is 24.3 Å². The maximum atomic E-state index is 5.08. The highest BCUT2D eigenvalue weighted by Gasteiger charge is 2.14. The molecule has 0 N–H and O–H groups in total. The summed E-state index contributed by atoms with van der Waals surface area (Å²) in [7, 11) is 0. The van der Waals surface area contributed by atoms with Crippen molar-refractivity contribution in [2.24, 2.45) is 0 Å². The Morgan fingerprint density at radius 3 is 1.56 bits per heavy atom. The smallest absolute Gasteiger partial charge is 0.160 e. The van der Waals surface area contributed by atoms with Gasteiger partial charge >= 0.3 is 0 Å². The molecule has 1 aromatic heterocycles. The zero-order valence-corrected chi connectivity index (χ0v) is 26.2. The van der Waals surface area contributed by atoms with Gasteiger partial charge in [-0.25, -0.2) is 9.97 Å². The number of aromatic nitrogens is 2. The summed E-state index contributed by atoms with van der Waals surface area (Å²) in [5, 5.41) is 7.58. The molecule has 9 rings (SSSR count). The fraction of sp³-hybridized carbons (Fsp3) is 0. The Morgan fingerprint density at radius 2 is 0.812 bits per heavy atom. The Morgan fingerprint density at radius 1 is 0.271 bits per heavy atom. The van der Waals surface area contributed by atoms with Gasteiger partial charge in [0.2, 0.25) is 0 Å². The highest BCUT2D eigenvalue weighted by molar-refractivity contribution is 6.20. The van der Waals surface area contributed by atoms with Crippen molar-refractivity contribution in [3.63, 3.8) is 0 Å². The van der Waals surface area contributed by atoms with E-state index < -0.39 is 0 Å². The van der Waals surface area contributed by atoms with Crippen LogP contribution in [0.25, 0.3) is 88.5 Å². The summed E-state index contributed by atoms with van der Waals surface area (Å²) >= 11 is 0. The van der Waals surface area contributed by atoms with Crippen LogP contribution >= 0.6 is 0 Å². The standard InChI is InChI=1S/C46H30N2/c1-3-14-32(15-4-1)43-30-44(48-46(47-43)33-16-5-2-6-17-33)37-21-11-19-34(27-37)35-20-12-22-38(28-35)45-40-24-10-8-18-36(40)29-42-39-23-9-7-13-31(39)25-26-41(42)45/h1-30H. The minimum atomic E-state index is 0.717. The normalized spacial score (nSPS) is 11.3. The van der Waals surface area contributed by atoms with Gasteiger partial charge in [-0.15, -0.1) is 0 Å². The van der Waals surface area contributed by atoms with Gasteiger partial charge in [0.25, 0.3) is 0 Å². The fourth-order valence-electron chi connectivity index (χ4n) is 6.91. The SMILES string of the molecule is c1ccc(-c2cc(-c3cccc(-c4cccc(-c5c6ccccc6cc6c5ccc5ccccc56)c4)c3)nc(-c3ccccc3)n2)cc1. The molecule has 2 heteroatoms. The van der Waals surface area contributed by atoms with Crippen molar-refractivity contribution < 1.29 is 0 Å². The molecule has 0 spiro atoms. The van der Waals surface area contributed by atoms with Gasteiger partial charge in [-0.05, 0) is 78.8 Å². The van der Waals surface area contributed by atoms with E-state index in [2.05, 4.69) is 158 Å². The Kier molecular flexibility index (Phi) is 6.84. The van der Waals surface area contributed by atoms with Crippen molar-refractivity contribution >= 4 is 32.3 Å². The fourth-order valence-corrected chi connectivity index (χ4v) is 6.91. The highest BCUT2D eigenvalue weighted by atomic mass is 14.9. The van der Waals surface area contributed by atoms with Crippen molar-refractivity contribution in [1.29, 1.82) is 0 Å². The molecule has 1 heterocycles. The Labute approximate surface area is 279 Å². The van der Waals surface area contributed by atoms with Crippen LogP contribution < -0.4 is 0 Å². The molecule has 224 valence electrons. The van der Waals surface area contributed by atoms with Crippen LogP contribution in [-0.2, 0) is 0 Å². The average molecular weight is 611 g/mol. The van der Waals surface area contributed by atoms with Crippen molar-refractivity contribution in [3.8, 4) is 56.2 Å². The largest absolute Gasteiger partial charge is 0.228 e. The number of benzene rings is 8. The maximum absolute atomic E-state index is 5.08. The molecule has 48 heavy (non-hydrogen) atoms. The molecule has 0 fully saturated rings. The summed E-state index contributed by atoms with van der Waals surface area (Å²) in [6.45, 7) is 0. The molecule has 0 unspecified atom stereocenters. The molecule has 0 bridgehead atoms. The van der Waals surface area contributed by atoms with Crippen LogP contribution in [0.3, 0.4) is 0 Å². The van der Waals surface area contributed by atoms with Crippen LogP contribution in [0.5, 0.6) is 0 Å². The molecule has 2 nitrogen and oxygen atoms in total. The molecule has 0 amide bonds. The van der Waals surface area contributed by atoms with Crippen molar-refractivity contribution in [2.75, 3.05) is 0 Å². The number of nitrogens with zero attached hydrogens (tertiary/aromatic N) is 2. The van der Waals surface area contributed by atoms with E-state index in [1.54, 1.807) is 0 Å². The Bertz CT molecular complexity index is 2550. The second-order valence-electron chi connectivity index (χ2n) is 12.2. The van der Waals surface area contributed by atoms with Gasteiger partial charge in [-0.2, -0.15) is 0 Å². The first-order valence-electron chi connectivity index (χ1n) is 16.3. The number of fused-ring (bicyclic) bond motifs is 4.